The van der Waals surface area contributed by atoms with Crippen molar-refractivity contribution < 1.29 is 0 Å². The van der Waals surface area contributed by atoms with Gasteiger partial charge in [0.2, 0.25) is 5.96 Å². The molecule has 0 spiro atoms. The smallest absolute Gasteiger partial charge is 0.201 e. The number of anilines is 1. The SMILES string of the molecule is Cc1ccc(C)c(N=C(N)N2Cc3cccc4cccc2c34)c1.Cl. The Labute approximate surface area is 148 Å². The molecule has 0 radical (unpaired) electrons. The molecule has 122 valence electrons. The lowest BCUT2D eigenvalue weighted by Gasteiger charge is -2.18. The summed E-state index contributed by atoms with van der Waals surface area (Å²) in [6.45, 7) is 4.91. The predicted octanol–water partition coefficient (Wildman–Crippen LogP) is 4.84. The Morgan fingerprint density at radius 1 is 1.04 bits per heavy atom. The molecular formula is C20H20ClN3. The van der Waals surface area contributed by atoms with E-state index in [4.69, 9.17) is 10.7 Å². The van der Waals surface area contributed by atoms with E-state index in [1.807, 2.05) is 0 Å². The van der Waals surface area contributed by atoms with Crippen LogP contribution in [0.2, 0.25) is 0 Å². The third-order valence-electron chi connectivity index (χ3n) is 4.46. The topological polar surface area (TPSA) is 41.6 Å². The lowest BCUT2D eigenvalue weighted by atomic mass is 10.1. The fourth-order valence-corrected chi connectivity index (χ4v) is 3.24. The van der Waals surface area contributed by atoms with Gasteiger partial charge in [0.15, 0.2) is 0 Å². The molecule has 3 aromatic rings. The number of hydrogen-bond donors (Lipinski definition) is 1. The summed E-state index contributed by atoms with van der Waals surface area (Å²) in [4.78, 5) is 6.79. The molecule has 1 aliphatic heterocycles. The fraction of sp³-hybridized carbons (Fsp3) is 0.150. The van der Waals surface area contributed by atoms with E-state index in [9.17, 15) is 0 Å². The second kappa shape index (κ2) is 6.17. The summed E-state index contributed by atoms with van der Waals surface area (Å²) in [5.41, 5.74) is 12.1. The molecule has 24 heavy (non-hydrogen) atoms. The van der Waals surface area contributed by atoms with Crippen LogP contribution in [0.4, 0.5) is 11.4 Å². The Morgan fingerprint density at radius 2 is 1.79 bits per heavy atom. The van der Waals surface area contributed by atoms with Gasteiger partial charge >= 0.3 is 0 Å². The average molecular weight is 338 g/mol. The molecule has 4 rings (SSSR count). The van der Waals surface area contributed by atoms with Gasteiger partial charge in [0.05, 0.1) is 17.9 Å². The van der Waals surface area contributed by atoms with Crippen LogP contribution >= 0.6 is 12.4 Å². The first-order valence-corrected chi connectivity index (χ1v) is 7.83. The van der Waals surface area contributed by atoms with Gasteiger partial charge in [0.25, 0.3) is 0 Å². The lowest BCUT2D eigenvalue weighted by Crippen LogP contribution is -2.34. The molecule has 3 nitrogen and oxygen atoms in total. The van der Waals surface area contributed by atoms with Crippen molar-refractivity contribution >= 4 is 40.5 Å². The number of guanidine groups is 1. The highest BCUT2D eigenvalue weighted by molar-refractivity contribution is 6.09. The average Bonchev–Trinajstić information content (AvgIpc) is 2.92. The first-order valence-electron chi connectivity index (χ1n) is 7.83. The first-order chi connectivity index (χ1) is 11.1. The molecule has 0 amide bonds. The van der Waals surface area contributed by atoms with Gasteiger partial charge < -0.3 is 10.6 Å². The van der Waals surface area contributed by atoms with E-state index < -0.39 is 0 Å². The Bertz CT molecular complexity index is 942. The third kappa shape index (κ3) is 2.61. The van der Waals surface area contributed by atoms with Gasteiger partial charge in [0.1, 0.15) is 0 Å². The number of aryl methyl sites for hydroxylation is 2. The first kappa shape index (κ1) is 16.3. The van der Waals surface area contributed by atoms with Crippen LogP contribution in [0.5, 0.6) is 0 Å². The van der Waals surface area contributed by atoms with Gasteiger partial charge in [-0.2, -0.15) is 0 Å². The van der Waals surface area contributed by atoms with E-state index in [1.54, 1.807) is 0 Å². The highest BCUT2D eigenvalue weighted by Gasteiger charge is 2.23. The second-order valence-corrected chi connectivity index (χ2v) is 6.14. The Morgan fingerprint density at radius 3 is 2.58 bits per heavy atom. The quantitative estimate of drug-likeness (QED) is 0.509. The van der Waals surface area contributed by atoms with Gasteiger partial charge in [0, 0.05) is 5.39 Å². The number of nitrogens with two attached hydrogens (primary N) is 1. The molecule has 0 fully saturated rings. The normalized spacial score (nSPS) is 13.2. The summed E-state index contributed by atoms with van der Waals surface area (Å²) in [6.07, 6.45) is 0. The van der Waals surface area contributed by atoms with Gasteiger partial charge in [-0.05, 0) is 48.1 Å². The molecule has 0 saturated heterocycles. The van der Waals surface area contributed by atoms with Gasteiger partial charge in [-0.3, -0.25) is 0 Å². The Hall–Kier alpha value is -2.52. The molecule has 1 heterocycles. The van der Waals surface area contributed by atoms with Crippen molar-refractivity contribution in [2.24, 2.45) is 10.7 Å². The van der Waals surface area contributed by atoms with E-state index in [-0.39, 0.29) is 12.4 Å². The number of benzene rings is 3. The van der Waals surface area contributed by atoms with Crippen LogP contribution in [-0.2, 0) is 6.54 Å². The van der Waals surface area contributed by atoms with Crippen LogP contribution in [0.3, 0.4) is 0 Å². The van der Waals surface area contributed by atoms with Crippen molar-refractivity contribution in [3.05, 3.63) is 71.3 Å². The van der Waals surface area contributed by atoms with Crippen LogP contribution in [0.25, 0.3) is 10.8 Å². The minimum atomic E-state index is 0. The second-order valence-electron chi connectivity index (χ2n) is 6.14. The molecule has 4 heteroatoms. The Balaban J connectivity index is 0.00000169. The zero-order valence-corrected chi connectivity index (χ0v) is 14.6. The summed E-state index contributed by atoms with van der Waals surface area (Å²) in [5, 5.41) is 2.54. The number of aliphatic imine (C=N–C) groups is 1. The van der Waals surface area contributed by atoms with Crippen LogP contribution in [0.1, 0.15) is 16.7 Å². The van der Waals surface area contributed by atoms with E-state index >= 15 is 0 Å². The van der Waals surface area contributed by atoms with Gasteiger partial charge in [-0.25, -0.2) is 4.99 Å². The number of halogens is 1. The summed E-state index contributed by atoms with van der Waals surface area (Å²) in [7, 11) is 0. The molecule has 0 saturated carbocycles. The third-order valence-corrected chi connectivity index (χ3v) is 4.46. The highest BCUT2D eigenvalue weighted by atomic mass is 35.5. The van der Waals surface area contributed by atoms with Crippen LogP contribution in [0.15, 0.2) is 59.6 Å². The maximum atomic E-state index is 6.36. The number of nitrogens with zero attached hydrogens (tertiary/aromatic N) is 2. The molecule has 0 bridgehead atoms. The zero-order valence-electron chi connectivity index (χ0n) is 13.8. The van der Waals surface area contributed by atoms with Crippen LogP contribution in [-0.4, -0.2) is 5.96 Å². The summed E-state index contributed by atoms with van der Waals surface area (Å²) in [5.74, 6) is 0.544. The highest BCUT2D eigenvalue weighted by Crippen LogP contribution is 2.37. The maximum Gasteiger partial charge on any atom is 0.201 e. The molecule has 0 aromatic heterocycles. The minimum Gasteiger partial charge on any atom is -0.369 e. The van der Waals surface area contributed by atoms with E-state index in [0.717, 1.165) is 23.5 Å². The van der Waals surface area contributed by atoms with Gasteiger partial charge in [-0.15, -0.1) is 12.4 Å². The monoisotopic (exact) mass is 337 g/mol. The van der Waals surface area contributed by atoms with E-state index in [0.29, 0.717) is 5.96 Å². The van der Waals surface area contributed by atoms with E-state index in [2.05, 4.69) is 73.3 Å². The molecule has 2 N–H and O–H groups in total. The molecule has 3 aromatic carbocycles. The lowest BCUT2D eigenvalue weighted by molar-refractivity contribution is 1.04. The van der Waals surface area contributed by atoms with Crippen molar-refractivity contribution in [3.8, 4) is 0 Å². The summed E-state index contributed by atoms with van der Waals surface area (Å²) in [6, 6.07) is 19.0. The van der Waals surface area contributed by atoms with Crippen molar-refractivity contribution in [1.29, 1.82) is 0 Å². The van der Waals surface area contributed by atoms with Crippen LogP contribution in [0, 0.1) is 13.8 Å². The predicted molar refractivity (Wildman–Crippen MR) is 105 cm³/mol. The van der Waals surface area contributed by atoms with Crippen LogP contribution < -0.4 is 10.6 Å². The molecule has 0 atom stereocenters. The zero-order chi connectivity index (χ0) is 16.0. The molecule has 0 aliphatic carbocycles. The Kier molecular flexibility index (Phi) is 4.20. The standard InChI is InChI=1S/C20H19N3.ClH/c1-13-9-10-14(2)17(11-13)22-20(21)23-12-16-7-3-5-15-6-4-8-18(23)19(15)16;/h3-11H,12H2,1-2H3,(H2,21,22);1H. The minimum absolute atomic E-state index is 0. The molecule has 0 unspecified atom stereocenters. The van der Waals surface area contributed by atoms with Crippen molar-refractivity contribution in [1.82, 2.24) is 0 Å². The summed E-state index contributed by atoms with van der Waals surface area (Å²) >= 11 is 0. The number of hydrogen-bond acceptors (Lipinski definition) is 1. The molecule has 1 aliphatic rings. The van der Waals surface area contributed by atoms with Gasteiger partial charge in [-0.1, -0.05) is 42.5 Å². The largest absolute Gasteiger partial charge is 0.369 e. The van der Waals surface area contributed by atoms with E-state index in [1.165, 1.54) is 21.9 Å². The fourth-order valence-electron chi connectivity index (χ4n) is 3.24. The van der Waals surface area contributed by atoms with Crippen molar-refractivity contribution in [2.45, 2.75) is 20.4 Å². The maximum absolute atomic E-state index is 6.36. The van der Waals surface area contributed by atoms with Crippen molar-refractivity contribution in [3.63, 3.8) is 0 Å². The number of rotatable bonds is 1. The molecular weight excluding hydrogens is 318 g/mol. The van der Waals surface area contributed by atoms with Crippen molar-refractivity contribution in [2.75, 3.05) is 4.90 Å². The summed E-state index contributed by atoms with van der Waals surface area (Å²) < 4.78 is 0.